The Labute approximate surface area is 161 Å². The van der Waals surface area contributed by atoms with Crippen molar-refractivity contribution in [3.8, 4) is 0 Å². The molecule has 3 amide bonds. The number of hydrogen-bond donors (Lipinski definition) is 2. The number of carbonyl (C=O) groups is 3. The molecule has 0 fully saturated rings. The van der Waals surface area contributed by atoms with Crippen LogP contribution in [0, 0.1) is 5.82 Å². The minimum absolute atomic E-state index is 0.00974. The second kappa shape index (κ2) is 8.20. The fourth-order valence-electron chi connectivity index (χ4n) is 3.27. The number of primary amides is 1. The molecule has 1 aromatic carbocycles. The van der Waals surface area contributed by atoms with Gasteiger partial charge in [0.2, 0.25) is 17.7 Å². The van der Waals surface area contributed by atoms with Crippen molar-refractivity contribution in [1.82, 2.24) is 20.0 Å². The SMILES string of the molecule is CC(=O)N[C@@H](CCC(N)=O)C(=O)N1Cc2cnn(Cc3ccc(F)cc3)c2C1. The minimum atomic E-state index is -0.799. The average molecular weight is 387 g/mol. The maximum Gasteiger partial charge on any atom is 0.245 e. The molecular weight excluding hydrogens is 365 g/mol. The molecule has 2 aromatic rings. The smallest absolute Gasteiger partial charge is 0.245 e. The number of amides is 3. The second-order valence-electron chi connectivity index (χ2n) is 6.85. The lowest BCUT2D eigenvalue weighted by Crippen LogP contribution is -2.46. The van der Waals surface area contributed by atoms with Crippen LogP contribution in [0.25, 0.3) is 0 Å². The zero-order valence-electron chi connectivity index (χ0n) is 15.5. The molecule has 0 radical (unpaired) electrons. The molecule has 1 aliphatic rings. The number of halogens is 1. The first-order valence-electron chi connectivity index (χ1n) is 8.95. The van der Waals surface area contributed by atoms with Gasteiger partial charge in [-0.05, 0) is 24.1 Å². The fourth-order valence-corrected chi connectivity index (χ4v) is 3.27. The van der Waals surface area contributed by atoms with Crippen LogP contribution in [0.1, 0.15) is 36.6 Å². The summed E-state index contributed by atoms with van der Waals surface area (Å²) in [7, 11) is 0. The van der Waals surface area contributed by atoms with E-state index in [1.807, 2.05) is 0 Å². The van der Waals surface area contributed by atoms with Crippen molar-refractivity contribution in [3.05, 3.63) is 53.1 Å². The van der Waals surface area contributed by atoms with Gasteiger partial charge in [0.1, 0.15) is 11.9 Å². The molecule has 3 N–H and O–H groups in total. The number of carbonyl (C=O) groups excluding carboxylic acids is 3. The van der Waals surface area contributed by atoms with Crippen molar-refractivity contribution in [3.63, 3.8) is 0 Å². The molecule has 2 heterocycles. The Balaban J connectivity index is 1.69. The highest BCUT2D eigenvalue weighted by molar-refractivity contribution is 5.87. The number of nitrogens with zero attached hydrogens (tertiary/aromatic N) is 3. The first-order chi connectivity index (χ1) is 13.3. The van der Waals surface area contributed by atoms with Crippen LogP contribution in [0.4, 0.5) is 4.39 Å². The molecule has 0 spiro atoms. The molecule has 0 aliphatic carbocycles. The Kier molecular flexibility index (Phi) is 5.72. The summed E-state index contributed by atoms with van der Waals surface area (Å²) in [6.07, 6.45) is 1.88. The first-order valence-corrected chi connectivity index (χ1v) is 8.95. The van der Waals surface area contributed by atoms with Crippen molar-refractivity contribution in [1.29, 1.82) is 0 Å². The van der Waals surface area contributed by atoms with Crippen molar-refractivity contribution < 1.29 is 18.8 Å². The normalized spacial score (nSPS) is 13.9. The van der Waals surface area contributed by atoms with E-state index in [4.69, 9.17) is 5.73 Å². The van der Waals surface area contributed by atoms with Gasteiger partial charge in [0.25, 0.3) is 0 Å². The number of nitrogens with two attached hydrogens (primary N) is 1. The predicted octanol–water partition coefficient (Wildman–Crippen LogP) is 0.683. The van der Waals surface area contributed by atoms with Crippen molar-refractivity contribution in [2.24, 2.45) is 5.73 Å². The average Bonchev–Trinajstić information content (AvgIpc) is 3.21. The van der Waals surface area contributed by atoms with Crippen LogP contribution >= 0.6 is 0 Å². The molecule has 148 valence electrons. The van der Waals surface area contributed by atoms with E-state index < -0.39 is 11.9 Å². The number of benzene rings is 1. The summed E-state index contributed by atoms with van der Waals surface area (Å²) < 4.78 is 14.9. The summed E-state index contributed by atoms with van der Waals surface area (Å²) in [6, 6.07) is 5.38. The topological polar surface area (TPSA) is 110 Å². The molecule has 9 heteroatoms. The third kappa shape index (κ3) is 4.54. The Morgan fingerprint density at radius 2 is 1.96 bits per heavy atom. The van der Waals surface area contributed by atoms with Crippen LogP contribution in [0.15, 0.2) is 30.5 Å². The maximum absolute atomic E-state index is 13.1. The van der Waals surface area contributed by atoms with E-state index in [9.17, 15) is 18.8 Å². The Morgan fingerprint density at radius 3 is 2.61 bits per heavy atom. The van der Waals surface area contributed by atoms with E-state index in [0.717, 1.165) is 16.8 Å². The summed E-state index contributed by atoms with van der Waals surface area (Å²) in [4.78, 5) is 37.0. The number of rotatable bonds is 7. The van der Waals surface area contributed by atoms with Gasteiger partial charge in [-0.3, -0.25) is 19.1 Å². The molecule has 0 saturated carbocycles. The Hall–Kier alpha value is -3.23. The Bertz CT molecular complexity index is 893. The third-order valence-corrected chi connectivity index (χ3v) is 4.65. The molecular formula is C19H22FN5O3. The summed E-state index contributed by atoms with van der Waals surface area (Å²) in [5, 5.41) is 6.95. The van der Waals surface area contributed by atoms with E-state index >= 15 is 0 Å². The zero-order chi connectivity index (χ0) is 20.3. The third-order valence-electron chi connectivity index (χ3n) is 4.65. The molecule has 0 saturated heterocycles. The van der Waals surface area contributed by atoms with Gasteiger partial charge in [0.15, 0.2) is 0 Å². The summed E-state index contributed by atoms with van der Waals surface area (Å²) in [6.45, 7) is 2.52. The number of hydrogen-bond acceptors (Lipinski definition) is 4. The molecule has 3 rings (SSSR count). The summed E-state index contributed by atoms with van der Waals surface area (Å²) >= 11 is 0. The highest BCUT2D eigenvalue weighted by Crippen LogP contribution is 2.24. The van der Waals surface area contributed by atoms with Crippen LogP contribution in [-0.4, -0.2) is 38.4 Å². The number of nitrogens with one attached hydrogen (secondary N) is 1. The molecule has 1 aliphatic heterocycles. The van der Waals surface area contributed by atoms with Crippen LogP contribution in [0.5, 0.6) is 0 Å². The van der Waals surface area contributed by atoms with E-state index in [1.54, 1.807) is 27.9 Å². The van der Waals surface area contributed by atoms with Crippen molar-refractivity contribution in [2.45, 2.75) is 45.4 Å². The van der Waals surface area contributed by atoms with E-state index in [1.165, 1.54) is 19.1 Å². The van der Waals surface area contributed by atoms with Gasteiger partial charge in [-0.2, -0.15) is 5.10 Å². The number of fused-ring (bicyclic) bond motifs is 1. The fraction of sp³-hybridized carbons (Fsp3) is 0.368. The van der Waals surface area contributed by atoms with Gasteiger partial charge < -0.3 is 16.0 Å². The van der Waals surface area contributed by atoms with Gasteiger partial charge in [-0.15, -0.1) is 0 Å². The second-order valence-corrected chi connectivity index (χ2v) is 6.85. The number of aromatic nitrogens is 2. The standard InChI is InChI=1S/C19H22FN5O3/c1-12(26)23-16(6-7-18(21)27)19(28)24-10-14-8-22-25(17(14)11-24)9-13-2-4-15(20)5-3-13/h2-5,8,16H,6-7,9-11H2,1H3,(H2,21,27)(H,23,26)/t16-/m0/s1. The molecule has 1 atom stereocenters. The highest BCUT2D eigenvalue weighted by atomic mass is 19.1. The Morgan fingerprint density at radius 1 is 1.25 bits per heavy atom. The van der Waals surface area contributed by atoms with Gasteiger partial charge >= 0.3 is 0 Å². The first kappa shape index (κ1) is 19.5. The molecule has 0 unspecified atom stereocenters. The highest BCUT2D eigenvalue weighted by Gasteiger charge is 2.32. The minimum Gasteiger partial charge on any atom is -0.370 e. The lowest BCUT2D eigenvalue weighted by molar-refractivity contribution is -0.137. The predicted molar refractivity (Wildman–Crippen MR) is 98.0 cm³/mol. The van der Waals surface area contributed by atoms with Gasteiger partial charge in [-0.1, -0.05) is 12.1 Å². The summed E-state index contributed by atoms with van der Waals surface area (Å²) in [5.41, 5.74) is 7.89. The van der Waals surface area contributed by atoms with Gasteiger partial charge in [-0.25, -0.2) is 4.39 Å². The van der Waals surface area contributed by atoms with Crippen molar-refractivity contribution >= 4 is 17.7 Å². The lowest BCUT2D eigenvalue weighted by atomic mass is 10.1. The monoisotopic (exact) mass is 387 g/mol. The van der Waals surface area contributed by atoms with Gasteiger partial charge in [0, 0.05) is 25.5 Å². The van der Waals surface area contributed by atoms with E-state index in [0.29, 0.717) is 19.6 Å². The lowest BCUT2D eigenvalue weighted by Gasteiger charge is -2.23. The molecule has 8 nitrogen and oxygen atoms in total. The van der Waals surface area contributed by atoms with Crippen LogP contribution in [0.2, 0.25) is 0 Å². The quantitative estimate of drug-likeness (QED) is 0.728. The summed E-state index contributed by atoms with van der Waals surface area (Å²) in [5.74, 6) is -1.43. The zero-order valence-corrected chi connectivity index (χ0v) is 15.5. The van der Waals surface area contributed by atoms with Crippen molar-refractivity contribution in [2.75, 3.05) is 0 Å². The molecule has 1 aromatic heterocycles. The maximum atomic E-state index is 13.1. The van der Waals surface area contributed by atoms with Crippen LogP contribution in [-0.2, 0) is 34.0 Å². The molecule has 28 heavy (non-hydrogen) atoms. The van der Waals surface area contributed by atoms with Crippen LogP contribution in [0.3, 0.4) is 0 Å². The van der Waals surface area contributed by atoms with E-state index in [2.05, 4.69) is 10.4 Å². The van der Waals surface area contributed by atoms with E-state index in [-0.39, 0.29) is 30.5 Å². The largest absolute Gasteiger partial charge is 0.370 e. The van der Waals surface area contributed by atoms with Gasteiger partial charge in [0.05, 0.1) is 25.0 Å². The molecule has 0 bridgehead atoms. The van der Waals surface area contributed by atoms with Crippen LogP contribution < -0.4 is 11.1 Å².